The number of carboxylic acids is 1. The van der Waals surface area contributed by atoms with Gasteiger partial charge in [-0.05, 0) is 18.2 Å². The molecule has 33 heavy (non-hydrogen) atoms. The Morgan fingerprint density at radius 2 is 1.67 bits per heavy atom. The molecule has 0 aliphatic rings. The molecule has 0 radical (unpaired) electrons. The van der Waals surface area contributed by atoms with E-state index in [-0.39, 0.29) is 34.1 Å². The van der Waals surface area contributed by atoms with Crippen LogP contribution < -0.4 is 5.32 Å². The van der Waals surface area contributed by atoms with E-state index in [2.05, 4.69) is 15.3 Å². The van der Waals surface area contributed by atoms with Crippen LogP contribution >= 0.6 is 0 Å². The molecule has 0 bridgehead atoms. The van der Waals surface area contributed by atoms with Gasteiger partial charge < -0.3 is 20.6 Å². The third kappa shape index (κ3) is 4.29. The highest BCUT2D eigenvalue weighted by Gasteiger charge is 2.29. The molecule has 0 amide bonds. The molecule has 0 aliphatic carbocycles. The van der Waals surface area contributed by atoms with Crippen LogP contribution in [0.2, 0.25) is 0 Å². The van der Waals surface area contributed by atoms with Gasteiger partial charge in [0, 0.05) is 12.1 Å². The van der Waals surface area contributed by atoms with Crippen LogP contribution in [0.3, 0.4) is 0 Å². The van der Waals surface area contributed by atoms with Crippen molar-refractivity contribution in [3.8, 4) is 11.4 Å². The van der Waals surface area contributed by atoms with E-state index in [1.54, 1.807) is 36.4 Å². The zero-order valence-corrected chi connectivity index (χ0v) is 18.0. The first kappa shape index (κ1) is 22.4. The number of aromatic nitrogens is 3. The number of carbonyl (C=O) groups is 1. The van der Waals surface area contributed by atoms with Gasteiger partial charge in [-0.1, -0.05) is 48.5 Å². The topological polar surface area (TPSA) is 155 Å². The van der Waals surface area contributed by atoms with E-state index in [0.717, 1.165) is 0 Å². The summed E-state index contributed by atoms with van der Waals surface area (Å²) in [6.45, 7) is -0.605. The molecule has 0 saturated heterocycles. The highest BCUT2D eigenvalue weighted by Crippen LogP contribution is 2.31. The third-order valence-corrected chi connectivity index (χ3v) is 6.58. The summed E-state index contributed by atoms with van der Waals surface area (Å²) < 4.78 is 27.6. The van der Waals surface area contributed by atoms with Crippen molar-refractivity contribution in [1.82, 2.24) is 13.9 Å². The Labute approximate surface area is 188 Å². The smallest absolute Gasteiger partial charge is 0.353 e. The van der Waals surface area contributed by atoms with Gasteiger partial charge in [-0.25, -0.2) is 27.2 Å². The fraction of sp³-hybridized carbons (Fsp3) is 0.136. The normalized spacial score (nSPS) is 12.5. The Bertz CT molecular complexity index is 1410. The zero-order chi connectivity index (χ0) is 23.6. The molecule has 1 atom stereocenters. The molecule has 2 heterocycles. The highest BCUT2D eigenvalue weighted by molar-refractivity contribution is 7.90. The molecule has 2 aromatic heterocycles. The fourth-order valence-electron chi connectivity index (χ4n) is 3.27. The molecule has 11 heteroatoms. The van der Waals surface area contributed by atoms with E-state index in [4.69, 9.17) is 5.11 Å². The van der Waals surface area contributed by atoms with E-state index in [1.165, 1.54) is 30.3 Å². The third-order valence-electron chi connectivity index (χ3n) is 4.87. The summed E-state index contributed by atoms with van der Waals surface area (Å²) in [7, 11) is -4.32. The van der Waals surface area contributed by atoms with Gasteiger partial charge in [-0.3, -0.25) is 0 Å². The standard InChI is InChI=1S/C22H20N4O6S/c27-13-15(28)12-23-20-17-11-18(22(29)30)26(33(31,32)16-9-5-2-6-10-16)21(17)25-19(24-20)14-7-3-1-4-8-14/h1-11,15,27-28H,12-13H2,(H,29,30)(H,23,24,25)/t15-/m0/s1. The van der Waals surface area contributed by atoms with E-state index >= 15 is 0 Å². The van der Waals surface area contributed by atoms with Crippen molar-refractivity contribution in [2.24, 2.45) is 0 Å². The number of aromatic carboxylic acids is 1. The number of benzene rings is 2. The minimum absolute atomic E-state index is 0.101. The van der Waals surface area contributed by atoms with E-state index in [1.807, 2.05) is 0 Å². The SMILES string of the molecule is O=C(O)c1cc2c(NC[C@H](O)CO)nc(-c3ccccc3)nc2n1S(=O)(=O)c1ccccc1. The molecule has 4 N–H and O–H groups in total. The molecule has 170 valence electrons. The van der Waals surface area contributed by atoms with Crippen LogP contribution in [0.1, 0.15) is 10.5 Å². The second-order valence-electron chi connectivity index (χ2n) is 7.13. The Morgan fingerprint density at radius 3 is 2.27 bits per heavy atom. The lowest BCUT2D eigenvalue weighted by Gasteiger charge is -2.13. The summed E-state index contributed by atoms with van der Waals surface area (Å²) >= 11 is 0. The van der Waals surface area contributed by atoms with Crippen molar-refractivity contribution in [1.29, 1.82) is 0 Å². The maximum absolute atomic E-state index is 13.5. The summed E-state index contributed by atoms with van der Waals surface area (Å²) in [6.07, 6.45) is -1.11. The summed E-state index contributed by atoms with van der Waals surface area (Å²) in [5.41, 5.74) is -0.0721. The molecule has 2 aromatic carbocycles. The molecule has 4 aromatic rings. The fourth-order valence-corrected chi connectivity index (χ4v) is 4.74. The molecule has 10 nitrogen and oxygen atoms in total. The number of nitrogens with one attached hydrogen (secondary N) is 1. The van der Waals surface area contributed by atoms with Crippen LogP contribution in [-0.4, -0.2) is 62.9 Å². The monoisotopic (exact) mass is 468 g/mol. The lowest BCUT2D eigenvalue weighted by molar-refractivity contribution is 0.0689. The van der Waals surface area contributed by atoms with Crippen LogP contribution in [0.25, 0.3) is 22.4 Å². The lowest BCUT2D eigenvalue weighted by atomic mass is 10.2. The molecule has 0 aliphatic heterocycles. The summed E-state index contributed by atoms with van der Waals surface area (Å²) in [4.78, 5) is 20.8. The average molecular weight is 468 g/mol. The Balaban J connectivity index is 2.03. The van der Waals surface area contributed by atoms with Crippen LogP contribution in [-0.2, 0) is 10.0 Å². The van der Waals surface area contributed by atoms with Gasteiger partial charge in [0.15, 0.2) is 11.5 Å². The van der Waals surface area contributed by atoms with Crippen LogP contribution in [0.5, 0.6) is 0 Å². The van der Waals surface area contributed by atoms with Gasteiger partial charge in [-0.15, -0.1) is 0 Å². The first-order valence-electron chi connectivity index (χ1n) is 9.88. The Morgan fingerprint density at radius 1 is 1.03 bits per heavy atom. The Kier molecular flexibility index (Phi) is 6.09. The molecular formula is C22H20N4O6S. The maximum Gasteiger partial charge on any atom is 0.353 e. The number of aliphatic hydroxyl groups excluding tert-OH is 2. The molecule has 0 saturated carbocycles. The number of nitrogens with zero attached hydrogens (tertiary/aromatic N) is 3. The maximum atomic E-state index is 13.5. The van der Waals surface area contributed by atoms with E-state index in [0.29, 0.717) is 9.54 Å². The van der Waals surface area contributed by atoms with Crippen molar-refractivity contribution >= 4 is 32.8 Å². The first-order chi connectivity index (χ1) is 15.8. The largest absolute Gasteiger partial charge is 0.477 e. The number of anilines is 1. The number of hydrogen-bond donors (Lipinski definition) is 4. The number of rotatable bonds is 8. The van der Waals surface area contributed by atoms with Gasteiger partial charge in [0.1, 0.15) is 11.5 Å². The number of hydrogen-bond acceptors (Lipinski definition) is 8. The minimum Gasteiger partial charge on any atom is -0.477 e. The van der Waals surface area contributed by atoms with Gasteiger partial charge in [0.25, 0.3) is 10.0 Å². The Hall–Kier alpha value is -3.80. The number of carboxylic acid groups (broad SMARTS) is 1. The van der Waals surface area contributed by atoms with Crippen molar-refractivity contribution in [3.05, 3.63) is 72.4 Å². The van der Waals surface area contributed by atoms with Gasteiger partial charge in [0.05, 0.1) is 23.0 Å². The molecule has 0 spiro atoms. The van der Waals surface area contributed by atoms with Crippen molar-refractivity contribution in [2.75, 3.05) is 18.5 Å². The van der Waals surface area contributed by atoms with Crippen molar-refractivity contribution < 1.29 is 28.5 Å². The van der Waals surface area contributed by atoms with E-state index < -0.39 is 34.4 Å². The number of fused-ring (bicyclic) bond motifs is 1. The molecule has 4 rings (SSSR count). The summed E-state index contributed by atoms with van der Waals surface area (Å²) in [5.74, 6) is -1.19. The van der Waals surface area contributed by atoms with E-state index in [9.17, 15) is 23.4 Å². The van der Waals surface area contributed by atoms with Crippen LogP contribution in [0, 0.1) is 0 Å². The summed E-state index contributed by atoms with van der Waals surface area (Å²) in [5, 5.41) is 31.7. The highest BCUT2D eigenvalue weighted by atomic mass is 32.2. The van der Waals surface area contributed by atoms with Gasteiger partial charge in [0.2, 0.25) is 0 Å². The first-order valence-corrected chi connectivity index (χ1v) is 11.3. The number of aliphatic hydroxyl groups is 2. The van der Waals surface area contributed by atoms with Gasteiger partial charge in [-0.2, -0.15) is 0 Å². The second-order valence-corrected chi connectivity index (χ2v) is 8.92. The molecule has 0 fully saturated rings. The minimum atomic E-state index is -4.32. The van der Waals surface area contributed by atoms with Crippen molar-refractivity contribution in [3.63, 3.8) is 0 Å². The predicted octanol–water partition coefficient (Wildman–Crippen LogP) is 1.80. The zero-order valence-electron chi connectivity index (χ0n) is 17.2. The molecular weight excluding hydrogens is 448 g/mol. The average Bonchev–Trinajstić information content (AvgIpc) is 3.24. The quantitative estimate of drug-likeness (QED) is 0.303. The molecule has 0 unspecified atom stereocenters. The van der Waals surface area contributed by atoms with Gasteiger partial charge >= 0.3 is 5.97 Å². The van der Waals surface area contributed by atoms with Crippen LogP contribution in [0.15, 0.2) is 71.6 Å². The van der Waals surface area contributed by atoms with Crippen molar-refractivity contribution in [2.45, 2.75) is 11.0 Å². The van der Waals surface area contributed by atoms with Crippen LogP contribution in [0.4, 0.5) is 5.82 Å². The summed E-state index contributed by atoms with van der Waals surface area (Å²) in [6, 6.07) is 17.4. The lowest BCUT2D eigenvalue weighted by Crippen LogP contribution is -2.23. The second kappa shape index (κ2) is 8.98. The predicted molar refractivity (Wildman–Crippen MR) is 121 cm³/mol.